The van der Waals surface area contributed by atoms with Gasteiger partial charge in [-0.05, 0) is 19.3 Å². The normalized spacial score (nSPS) is 21.0. The predicted octanol–water partition coefficient (Wildman–Crippen LogP) is 2.02. The molecule has 0 heterocycles. The quantitative estimate of drug-likeness (QED) is 0.785. The summed E-state index contributed by atoms with van der Waals surface area (Å²) in [6.07, 6.45) is 2.08. The van der Waals surface area contributed by atoms with Crippen LogP contribution in [-0.2, 0) is 9.59 Å². The van der Waals surface area contributed by atoms with Crippen molar-refractivity contribution in [2.75, 3.05) is 0 Å². The summed E-state index contributed by atoms with van der Waals surface area (Å²) in [7, 11) is 0. The number of carbonyl (C=O) groups is 3. The van der Waals surface area contributed by atoms with E-state index < -0.39 is 5.97 Å². The van der Waals surface area contributed by atoms with Crippen LogP contribution in [-0.4, -0.2) is 28.8 Å². The minimum Gasteiger partial charge on any atom is -0.481 e. The molecule has 0 unspecified atom stereocenters. The van der Waals surface area contributed by atoms with Crippen molar-refractivity contribution in [1.29, 1.82) is 0 Å². The summed E-state index contributed by atoms with van der Waals surface area (Å²) in [6, 6.07) is 8.80. The van der Waals surface area contributed by atoms with E-state index >= 15 is 0 Å². The molecule has 1 aliphatic rings. The van der Waals surface area contributed by atoms with Crippen LogP contribution in [0.1, 0.15) is 42.5 Å². The Morgan fingerprint density at radius 1 is 1.10 bits per heavy atom. The molecule has 1 aromatic carbocycles. The van der Waals surface area contributed by atoms with Crippen LogP contribution in [0.3, 0.4) is 0 Å². The highest BCUT2D eigenvalue weighted by Gasteiger charge is 2.30. The lowest BCUT2D eigenvalue weighted by Crippen LogP contribution is -2.33. The van der Waals surface area contributed by atoms with Gasteiger partial charge < -0.3 is 10.4 Å². The summed E-state index contributed by atoms with van der Waals surface area (Å²) < 4.78 is 0. The molecule has 2 N–H and O–H groups in total. The van der Waals surface area contributed by atoms with Crippen LogP contribution < -0.4 is 5.32 Å². The van der Waals surface area contributed by atoms with Crippen LogP contribution in [0.5, 0.6) is 0 Å². The molecule has 21 heavy (non-hydrogen) atoms. The van der Waals surface area contributed by atoms with Gasteiger partial charge in [0.15, 0.2) is 5.78 Å². The maximum absolute atomic E-state index is 11.9. The Bertz CT molecular complexity index is 526. The number of carboxylic acid groups (broad SMARTS) is 1. The molecule has 2 atom stereocenters. The van der Waals surface area contributed by atoms with Gasteiger partial charge in [-0.3, -0.25) is 14.4 Å². The predicted molar refractivity (Wildman–Crippen MR) is 76.9 cm³/mol. The molecule has 1 amide bonds. The number of carbonyl (C=O) groups excluding carboxylic acids is 2. The molecule has 0 saturated heterocycles. The second-order valence-electron chi connectivity index (χ2n) is 5.40. The molecular formula is C16H19NO4. The van der Waals surface area contributed by atoms with Crippen molar-refractivity contribution in [3.8, 4) is 0 Å². The average molecular weight is 289 g/mol. The fourth-order valence-electron chi connectivity index (χ4n) is 2.63. The molecule has 1 saturated carbocycles. The summed E-state index contributed by atoms with van der Waals surface area (Å²) in [5.41, 5.74) is 0.608. The number of hydrogen-bond donors (Lipinski definition) is 2. The molecule has 1 aliphatic carbocycles. The summed E-state index contributed by atoms with van der Waals surface area (Å²) >= 11 is 0. The molecule has 112 valence electrons. The van der Waals surface area contributed by atoms with Gasteiger partial charge in [-0.2, -0.15) is 0 Å². The Labute approximate surface area is 123 Å². The fourth-order valence-corrected chi connectivity index (χ4v) is 2.63. The number of hydrogen-bond acceptors (Lipinski definition) is 3. The van der Waals surface area contributed by atoms with Crippen LogP contribution >= 0.6 is 0 Å². The van der Waals surface area contributed by atoms with E-state index in [1.165, 1.54) is 0 Å². The van der Waals surface area contributed by atoms with Crippen molar-refractivity contribution in [1.82, 2.24) is 5.32 Å². The van der Waals surface area contributed by atoms with E-state index in [0.29, 0.717) is 24.8 Å². The molecule has 0 radical (unpaired) electrons. The lowest BCUT2D eigenvalue weighted by molar-refractivity contribution is -0.141. The lowest BCUT2D eigenvalue weighted by atomic mass is 10.1. The maximum Gasteiger partial charge on any atom is 0.306 e. The number of rotatable bonds is 6. The van der Waals surface area contributed by atoms with Crippen LogP contribution in [0.25, 0.3) is 0 Å². The van der Waals surface area contributed by atoms with Gasteiger partial charge in [-0.15, -0.1) is 0 Å². The minimum atomic E-state index is -0.800. The molecule has 5 heteroatoms. The van der Waals surface area contributed by atoms with Gasteiger partial charge in [0.1, 0.15) is 0 Å². The van der Waals surface area contributed by atoms with E-state index in [1.54, 1.807) is 24.3 Å². The second kappa shape index (κ2) is 7.02. The summed E-state index contributed by atoms with van der Waals surface area (Å²) in [4.78, 5) is 34.5. The molecule has 5 nitrogen and oxygen atoms in total. The number of aliphatic carboxylic acids is 1. The van der Waals surface area contributed by atoms with Gasteiger partial charge in [0.25, 0.3) is 0 Å². The Morgan fingerprint density at radius 3 is 2.43 bits per heavy atom. The maximum atomic E-state index is 11.9. The smallest absolute Gasteiger partial charge is 0.306 e. The summed E-state index contributed by atoms with van der Waals surface area (Å²) in [6.45, 7) is 0. The molecule has 0 bridgehead atoms. The Morgan fingerprint density at radius 2 is 1.81 bits per heavy atom. The van der Waals surface area contributed by atoms with Gasteiger partial charge in [-0.25, -0.2) is 0 Å². The van der Waals surface area contributed by atoms with Crippen molar-refractivity contribution in [3.63, 3.8) is 0 Å². The topological polar surface area (TPSA) is 83.5 Å². The van der Waals surface area contributed by atoms with Crippen molar-refractivity contribution in [2.45, 2.75) is 38.1 Å². The largest absolute Gasteiger partial charge is 0.481 e. The Hall–Kier alpha value is -2.17. The third-order valence-electron chi connectivity index (χ3n) is 3.82. The van der Waals surface area contributed by atoms with Gasteiger partial charge in [0.05, 0.1) is 5.92 Å². The number of amides is 1. The number of nitrogens with one attached hydrogen (secondary N) is 1. The van der Waals surface area contributed by atoms with Gasteiger partial charge >= 0.3 is 5.97 Å². The molecule has 0 aliphatic heterocycles. The number of Topliss-reactive ketones (excluding diaryl/α,β-unsaturated/α-hetero) is 1. The Kier molecular flexibility index (Phi) is 5.09. The van der Waals surface area contributed by atoms with Gasteiger partial charge in [0.2, 0.25) is 5.91 Å². The van der Waals surface area contributed by atoms with E-state index in [9.17, 15) is 14.4 Å². The average Bonchev–Trinajstić information content (AvgIpc) is 2.94. The standard InChI is InChI=1S/C16H19NO4/c18-14(11-4-2-1-3-5-11)8-9-15(19)17-13-7-6-12(10-13)16(20)21/h1-5,12-13H,6-10H2,(H,17,19)(H,20,21)/t12-,13+/m0/s1. The lowest BCUT2D eigenvalue weighted by Gasteiger charge is -2.12. The first-order valence-electron chi connectivity index (χ1n) is 7.16. The van der Waals surface area contributed by atoms with Crippen molar-refractivity contribution < 1.29 is 19.5 Å². The van der Waals surface area contributed by atoms with E-state index in [2.05, 4.69) is 5.32 Å². The van der Waals surface area contributed by atoms with Gasteiger partial charge in [-0.1, -0.05) is 30.3 Å². The zero-order valence-corrected chi connectivity index (χ0v) is 11.7. The summed E-state index contributed by atoms with van der Waals surface area (Å²) in [5.74, 6) is -1.40. The van der Waals surface area contributed by atoms with Crippen molar-refractivity contribution in [3.05, 3.63) is 35.9 Å². The molecule has 0 spiro atoms. The van der Waals surface area contributed by atoms with E-state index in [1.807, 2.05) is 6.07 Å². The third-order valence-corrected chi connectivity index (χ3v) is 3.82. The van der Waals surface area contributed by atoms with Crippen LogP contribution in [0.2, 0.25) is 0 Å². The highest BCUT2D eigenvalue weighted by Crippen LogP contribution is 2.25. The molecule has 1 aromatic rings. The van der Waals surface area contributed by atoms with Crippen LogP contribution in [0.4, 0.5) is 0 Å². The Balaban J connectivity index is 1.73. The molecule has 2 rings (SSSR count). The second-order valence-corrected chi connectivity index (χ2v) is 5.40. The first-order valence-corrected chi connectivity index (χ1v) is 7.16. The first kappa shape index (κ1) is 15.2. The first-order chi connectivity index (χ1) is 10.1. The number of benzene rings is 1. The van der Waals surface area contributed by atoms with E-state index in [4.69, 9.17) is 5.11 Å². The van der Waals surface area contributed by atoms with E-state index in [-0.39, 0.29) is 36.5 Å². The van der Waals surface area contributed by atoms with Crippen molar-refractivity contribution in [2.24, 2.45) is 5.92 Å². The molecule has 1 fully saturated rings. The zero-order valence-electron chi connectivity index (χ0n) is 11.7. The summed E-state index contributed by atoms with van der Waals surface area (Å²) in [5, 5.41) is 11.7. The number of ketones is 1. The third kappa shape index (κ3) is 4.41. The SMILES string of the molecule is O=C(CCC(=O)c1ccccc1)N[C@@H]1CC[C@H](C(=O)O)C1. The highest BCUT2D eigenvalue weighted by atomic mass is 16.4. The fraction of sp³-hybridized carbons (Fsp3) is 0.438. The van der Waals surface area contributed by atoms with Crippen LogP contribution in [0.15, 0.2) is 30.3 Å². The molecule has 0 aromatic heterocycles. The van der Waals surface area contributed by atoms with E-state index in [0.717, 1.165) is 0 Å². The number of carboxylic acids is 1. The van der Waals surface area contributed by atoms with Crippen molar-refractivity contribution >= 4 is 17.7 Å². The molecular weight excluding hydrogens is 270 g/mol. The zero-order chi connectivity index (χ0) is 15.2. The highest BCUT2D eigenvalue weighted by molar-refractivity contribution is 5.97. The minimum absolute atomic E-state index is 0.0550. The van der Waals surface area contributed by atoms with Crippen LogP contribution in [0, 0.1) is 5.92 Å². The van der Waals surface area contributed by atoms with Gasteiger partial charge in [0, 0.05) is 24.4 Å². The monoisotopic (exact) mass is 289 g/mol.